The van der Waals surface area contributed by atoms with Crippen molar-refractivity contribution >= 4 is 11.6 Å². The van der Waals surface area contributed by atoms with Crippen molar-refractivity contribution in [2.75, 3.05) is 6.54 Å². The maximum atomic E-state index is 5.93. The maximum absolute atomic E-state index is 5.93. The first-order chi connectivity index (χ1) is 7.49. The van der Waals surface area contributed by atoms with E-state index >= 15 is 0 Å². The van der Waals surface area contributed by atoms with Crippen LogP contribution in [0.15, 0.2) is 18.2 Å². The lowest BCUT2D eigenvalue weighted by atomic mass is 10.1. The highest BCUT2D eigenvalue weighted by atomic mass is 35.5. The fourth-order valence-electron chi connectivity index (χ4n) is 2.16. The minimum atomic E-state index is 0.571. The average Bonchev–Trinajstić information content (AvgIpc) is 2.78. The van der Waals surface area contributed by atoms with E-state index < -0.39 is 0 Å². The molecule has 0 bridgehead atoms. The summed E-state index contributed by atoms with van der Waals surface area (Å²) in [6.45, 7) is 8.88. The van der Waals surface area contributed by atoms with Gasteiger partial charge in [0.05, 0.1) is 0 Å². The van der Waals surface area contributed by atoms with Gasteiger partial charge in [-0.05, 0) is 54.5 Å². The van der Waals surface area contributed by atoms with Gasteiger partial charge in [0, 0.05) is 11.6 Å². The molecule has 88 valence electrons. The van der Waals surface area contributed by atoms with Crippen LogP contribution in [0.25, 0.3) is 0 Å². The first-order valence-electron chi connectivity index (χ1n) is 5.95. The minimum absolute atomic E-state index is 0.571. The zero-order chi connectivity index (χ0) is 11.8. The second kappa shape index (κ2) is 4.38. The Morgan fingerprint density at radius 3 is 2.69 bits per heavy atom. The van der Waals surface area contributed by atoms with Crippen LogP contribution in [0.3, 0.4) is 0 Å². The molecule has 1 aromatic carbocycles. The summed E-state index contributed by atoms with van der Waals surface area (Å²) >= 11 is 5.93. The van der Waals surface area contributed by atoms with Gasteiger partial charge in [-0.25, -0.2) is 0 Å². The van der Waals surface area contributed by atoms with Gasteiger partial charge < -0.3 is 5.32 Å². The summed E-state index contributed by atoms with van der Waals surface area (Å²) in [5.74, 6) is 0.861. The predicted molar refractivity (Wildman–Crippen MR) is 69.8 cm³/mol. The van der Waals surface area contributed by atoms with Crippen molar-refractivity contribution in [2.45, 2.75) is 33.7 Å². The number of benzene rings is 1. The van der Waals surface area contributed by atoms with E-state index in [1.807, 2.05) is 12.1 Å². The van der Waals surface area contributed by atoms with Crippen LogP contribution in [0.2, 0.25) is 5.02 Å². The van der Waals surface area contributed by atoms with Crippen molar-refractivity contribution in [2.24, 2.45) is 11.3 Å². The summed E-state index contributed by atoms with van der Waals surface area (Å²) in [6.07, 6.45) is 1.36. The lowest BCUT2D eigenvalue weighted by Gasteiger charge is -2.09. The summed E-state index contributed by atoms with van der Waals surface area (Å²) in [5.41, 5.74) is 3.19. The molecule has 0 spiro atoms. The monoisotopic (exact) mass is 237 g/mol. The van der Waals surface area contributed by atoms with Crippen LogP contribution >= 0.6 is 11.6 Å². The standard InChI is InChI=1S/C14H20ClN/c1-10-6-13(15)5-4-11(10)8-16-9-12-7-14(12,2)3/h4-6,12,16H,7-9H2,1-3H3. The molecule has 0 saturated heterocycles. The van der Waals surface area contributed by atoms with E-state index in [1.54, 1.807) is 0 Å². The number of hydrogen-bond donors (Lipinski definition) is 1. The van der Waals surface area contributed by atoms with Gasteiger partial charge in [0.2, 0.25) is 0 Å². The quantitative estimate of drug-likeness (QED) is 0.841. The molecule has 0 amide bonds. The summed E-state index contributed by atoms with van der Waals surface area (Å²) < 4.78 is 0. The van der Waals surface area contributed by atoms with Gasteiger partial charge in [-0.1, -0.05) is 31.5 Å². The maximum Gasteiger partial charge on any atom is 0.0408 e. The fourth-order valence-corrected chi connectivity index (χ4v) is 2.39. The molecule has 0 heterocycles. The number of hydrogen-bond acceptors (Lipinski definition) is 1. The van der Waals surface area contributed by atoms with Gasteiger partial charge in [-0.15, -0.1) is 0 Å². The lowest BCUT2D eigenvalue weighted by molar-refractivity contribution is 0.519. The molecule has 1 unspecified atom stereocenters. The Kier molecular flexibility index (Phi) is 3.27. The molecule has 1 nitrogen and oxygen atoms in total. The molecule has 1 aromatic rings. The van der Waals surface area contributed by atoms with E-state index in [9.17, 15) is 0 Å². The zero-order valence-corrected chi connectivity index (χ0v) is 11.1. The Morgan fingerprint density at radius 1 is 1.44 bits per heavy atom. The van der Waals surface area contributed by atoms with Gasteiger partial charge in [0.15, 0.2) is 0 Å². The Bertz CT molecular complexity index is 384. The van der Waals surface area contributed by atoms with E-state index in [0.717, 1.165) is 24.0 Å². The SMILES string of the molecule is Cc1cc(Cl)ccc1CNCC1CC1(C)C. The molecule has 1 atom stereocenters. The summed E-state index contributed by atoms with van der Waals surface area (Å²) in [5, 5.41) is 4.36. The van der Waals surface area contributed by atoms with E-state index in [1.165, 1.54) is 17.5 Å². The average molecular weight is 238 g/mol. The van der Waals surface area contributed by atoms with Gasteiger partial charge >= 0.3 is 0 Å². The van der Waals surface area contributed by atoms with Crippen molar-refractivity contribution in [3.8, 4) is 0 Å². The molecule has 2 rings (SSSR count). The van der Waals surface area contributed by atoms with Gasteiger partial charge in [0.25, 0.3) is 0 Å². The van der Waals surface area contributed by atoms with Crippen LogP contribution in [-0.4, -0.2) is 6.54 Å². The molecular formula is C14H20ClN. The number of aryl methyl sites for hydroxylation is 1. The molecule has 0 radical (unpaired) electrons. The van der Waals surface area contributed by atoms with Crippen LogP contribution in [0, 0.1) is 18.3 Å². The Balaban J connectivity index is 1.81. The molecule has 1 aliphatic carbocycles. The third kappa shape index (κ3) is 2.78. The van der Waals surface area contributed by atoms with Gasteiger partial charge in [0.1, 0.15) is 0 Å². The van der Waals surface area contributed by atoms with Gasteiger partial charge in [-0.3, -0.25) is 0 Å². The third-order valence-corrected chi connectivity index (χ3v) is 3.96. The summed E-state index contributed by atoms with van der Waals surface area (Å²) in [7, 11) is 0. The highest BCUT2D eigenvalue weighted by molar-refractivity contribution is 6.30. The molecule has 1 aliphatic rings. The van der Waals surface area contributed by atoms with Gasteiger partial charge in [-0.2, -0.15) is 0 Å². The highest BCUT2D eigenvalue weighted by Gasteiger charge is 2.44. The van der Waals surface area contributed by atoms with Crippen molar-refractivity contribution in [1.82, 2.24) is 5.32 Å². The second-order valence-electron chi connectivity index (χ2n) is 5.59. The third-order valence-electron chi connectivity index (χ3n) is 3.73. The Hall–Kier alpha value is -0.530. The fraction of sp³-hybridized carbons (Fsp3) is 0.571. The summed E-state index contributed by atoms with van der Waals surface area (Å²) in [6, 6.07) is 6.11. The van der Waals surface area contributed by atoms with Crippen LogP contribution in [0.5, 0.6) is 0 Å². The van der Waals surface area contributed by atoms with Crippen molar-refractivity contribution in [1.29, 1.82) is 0 Å². The molecule has 0 aliphatic heterocycles. The largest absolute Gasteiger partial charge is 0.312 e. The molecule has 2 heteroatoms. The zero-order valence-electron chi connectivity index (χ0n) is 10.3. The van der Waals surface area contributed by atoms with E-state index in [-0.39, 0.29) is 0 Å². The molecule has 16 heavy (non-hydrogen) atoms. The van der Waals surface area contributed by atoms with Crippen LogP contribution < -0.4 is 5.32 Å². The molecule has 1 fully saturated rings. The van der Waals surface area contributed by atoms with Crippen molar-refractivity contribution in [3.05, 3.63) is 34.3 Å². The molecule has 1 N–H and O–H groups in total. The number of halogens is 1. The first kappa shape index (κ1) is 11.9. The number of nitrogens with one attached hydrogen (secondary N) is 1. The molecule has 0 aromatic heterocycles. The first-order valence-corrected chi connectivity index (χ1v) is 6.32. The Morgan fingerprint density at radius 2 is 2.12 bits per heavy atom. The Labute approximate surface area is 103 Å². The topological polar surface area (TPSA) is 12.0 Å². The van der Waals surface area contributed by atoms with Crippen molar-refractivity contribution in [3.63, 3.8) is 0 Å². The van der Waals surface area contributed by atoms with Crippen LogP contribution in [0.4, 0.5) is 0 Å². The van der Waals surface area contributed by atoms with Crippen LogP contribution in [0.1, 0.15) is 31.4 Å². The number of rotatable bonds is 4. The normalized spacial score (nSPS) is 22.1. The highest BCUT2D eigenvalue weighted by Crippen LogP contribution is 2.50. The van der Waals surface area contributed by atoms with E-state index in [0.29, 0.717) is 5.41 Å². The molecule has 1 saturated carbocycles. The molecular weight excluding hydrogens is 218 g/mol. The second-order valence-corrected chi connectivity index (χ2v) is 6.03. The minimum Gasteiger partial charge on any atom is -0.312 e. The predicted octanol–water partition coefficient (Wildman–Crippen LogP) is 3.78. The van der Waals surface area contributed by atoms with Crippen molar-refractivity contribution < 1.29 is 0 Å². The van der Waals surface area contributed by atoms with E-state index in [2.05, 4.69) is 32.2 Å². The smallest absolute Gasteiger partial charge is 0.0408 e. The summed E-state index contributed by atoms with van der Waals surface area (Å²) in [4.78, 5) is 0. The lowest BCUT2D eigenvalue weighted by Crippen LogP contribution is -2.18. The van der Waals surface area contributed by atoms with E-state index in [4.69, 9.17) is 11.6 Å². The van der Waals surface area contributed by atoms with Crippen LogP contribution in [-0.2, 0) is 6.54 Å².